The standard InChI is InChI=1S/C12H22N2O2/c1-9(8-13)16-10-6-11(2,3)14(15)12(4,5)7-10/h9-10,15H,6-7H2,1-5H3. The van der Waals surface area contributed by atoms with Gasteiger partial charge in [0.1, 0.15) is 6.10 Å². The molecule has 0 radical (unpaired) electrons. The van der Waals surface area contributed by atoms with Crippen LogP contribution in [0.3, 0.4) is 0 Å². The average Bonchev–Trinajstić information content (AvgIpc) is 2.13. The van der Waals surface area contributed by atoms with Crippen LogP contribution in [0.2, 0.25) is 0 Å². The van der Waals surface area contributed by atoms with Crippen molar-refractivity contribution in [2.24, 2.45) is 0 Å². The van der Waals surface area contributed by atoms with Crippen molar-refractivity contribution in [2.45, 2.75) is 70.7 Å². The van der Waals surface area contributed by atoms with Crippen LogP contribution in [0.4, 0.5) is 0 Å². The van der Waals surface area contributed by atoms with E-state index < -0.39 is 0 Å². The molecule has 1 fully saturated rings. The summed E-state index contributed by atoms with van der Waals surface area (Å²) in [6, 6.07) is 2.08. The van der Waals surface area contributed by atoms with Crippen LogP contribution in [-0.2, 0) is 4.74 Å². The zero-order valence-electron chi connectivity index (χ0n) is 10.8. The molecule has 4 nitrogen and oxygen atoms in total. The van der Waals surface area contributed by atoms with Gasteiger partial charge in [0.15, 0.2) is 0 Å². The number of hydrogen-bond donors (Lipinski definition) is 1. The third-order valence-electron chi connectivity index (χ3n) is 3.18. The van der Waals surface area contributed by atoms with E-state index in [0.717, 1.165) is 12.8 Å². The molecule has 1 N–H and O–H groups in total. The Hall–Kier alpha value is -0.630. The summed E-state index contributed by atoms with van der Waals surface area (Å²) in [5.74, 6) is 0. The Morgan fingerprint density at radius 2 is 1.75 bits per heavy atom. The van der Waals surface area contributed by atoms with E-state index in [-0.39, 0.29) is 23.3 Å². The number of hydrogen-bond acceptors (Lipinski definition) is 4. The smallest absolute Gasteiger partial charge is 0.141 e. The predicted molar refractivity (Wildman–Crippen MR) is 61.0 cm³/mol. The highest BCUT2D eigenvalue weighted by Crippen LogP contribution is 2.38. The van der Waals surface area contributed by atoms with Crippen LogP contribution in [0.15, 0.2) is 0 Å². The molecule has 0 amide bonds. The van der Waals surface area contributed by atoms with Gasteiger partial charge in [0, 0.05) is 11.1 Å². The summed E-state index contributed by atoms with van der Waals surface area (Å²) in [6.45, 7) is 9.70. The van der Waals surface area contributed by atoms with E-state index >= 15 is 0 Å². The molecule has 1 heterocycles. The highest BCUT2D eigenvalue weighted by atomic mass is 16.5. The van der Waals surface area contributed by atoms with Gasteiger partial charge in [0.05, 0.1) is 12.2 Å². The Balaban J connectivity index is 2.76. The molecular formula is C12H22N2O2. The summed E-state index contributed by atoms with van der Waals surface area (Å²) in [5.41, 5.74) is -0.636. The minimum Gasteiger partial charge on any atom is -0.360 e. The molecule has 1 atom stereocenters. The largest absolute Gasteiger partial charge is 0.360 e. The molecular weight excluding hydrogens is 204 g/mol. The van der Waals surface area contributed by atoms with Gasteiger partial charge in [-0.05, 0) is 47.5 Å². The lowest BCUT2D eigenvalue weighted by Crippen LogP contribution is -2.60. The monoisotopic (exact) mass is 226 g/mol. The van der Waals surface area contributed by atoms with Crippen LogP contribution < -0.4 is 0 Å². The summed E-state index contributed by atoms with van der Waals surface area (Å²) in [5, 5.41) is 20.2. The fourth-order valence-corrected chi connectivity index (χ4v) is 2.59. The van der Waals surface area contributed by atoms with Crippen LogP contribution in [0, 0.1) is 11.3 Å². The zero-order chi connectivity index (χ0) is 12.6. The molecule has 1 aliphatic heterocycles. The lowest BCUT2D eigenvalue weighted by atomic mass is 9.80. The van der Waals surface area contributed by atoms with Crippen molar-refractivity contribution >= 4 is 0 Å². The first kappa shape index (κ1) is 13.4. The first-order chi connectivity index (χ1) is 7.19. The normalized spacial score (nSPS) is 27.3. The molecule has 92 valence electrons. The van der Waals surface area contributed by atoms with Gasteiger partial charge < -0.3 is 9.94 Å². The van der Waals surface area contributed by atoms with Crippen LogP contribution in [-0.4, -0.2) is 33.6 Å². The highest BCUT2D eigenvalue weighted by molar-refractivity contribution is 4.97. The third-order valence-corrected chi connectivity index (χ3v) is 3.18. The second kappa shape index (κ2) is 4.33. The lowest BCUT2D eigenvalue weighted by molar-refractivity contribution is -0.262. The minimum absolute atomic E-state index is 0.0306. The van der Waals surface area contributed by atoms with E-state index in [9.17, 15) is 5.21 Å². The molecule has 1 rings (SSSR count). The van der Waals surface area contributed by atoms with Crippen LogP contribution >= 0.6 is 0 Å². The average molecular weight is 226 g/mol. The third kappa shape index (κ3) is 2.73. The van der Waals surface area contributed by atoms with E-state index in [2.05, 4.69) is 6.07 Å². The Morgan fingerprint density at radius 1 is 1.31 bits per heavy atom. The van der Waals surface area contributed by atoms with E-state index in [1.165, 1.54) is 5.06 Å². The quantitative estimate of drug-likeness (QED) is 0.785. The lowest BCUT2D eigenvalue weighted by Gasteiger charge is -2.51. The first-order valence-electron chi connectivity index (χ1n) is 5.73. The van der Waals surface area contributed by atoms with Crippen molar-refractivity contribution in [3.05, 3.63) is 0 Å². The van der Waals surface area contributed by atoms with Gasteiger partial charge in [-0.2, -0.15) is 10.3 Å². The maximum Gasteiger partial charge on any atom is 0.141 e. The Bertz CT molecular complexity index is 276. The van der Waals surface area contributed by atoms with Gasteiger partial charge in [0.25, 0.3) is 0 Å². The minimum atomic E-state index is -0.387. The molecule has 4 heteroatoms. The second-order valence-electron chi connectivity index (χ2n) is 5.87. The van der Waals surface area contributed by atoms with Gasteiger partial charge in [0.2, 0.25) is 0 Å². The molecule has 0 aromatic carbocycles. The van der Waals surface area contributed by atoms with Gasteiger partial charge in [-0.1, -0.05) is 0 Å². The van der Waals surface area contributed by atoms with Crippen molar-refractivity contribution in [2.75, 3.05) is 0 Å². The van der Waals surface area contributed by atoms with Gasteiger partial charge in [-0.3, -0.25) is 0 Å². The molecule has 0 bridgehead atoms. The van der Waals surface area contributed by atoms with Crippen molar-refractivity contribution in [3.8, 4) is 6.07 Å². The van der Waals surface area contributed by atoms with E-state index in [0.29, 0.717) is 0 Å². The maximum atomic E-state index is 10.1. The number of piperidine rings is 1. The van der Waals surface area contributed by atoms with E-state index in [1.807, 2.05) is 27.7 Å². The molecule has 1 saturated heterocycles. The Labute approximate surface area is 97.8 Å². The topological polar surface area (TPSA) is 56.5 Å². The second-order valence-corrected chi connectivity index (χ2v) is 5.87. The number of nitriles is 1. The van der Waals surface area contributed by atoms with Gasteiger partial charge in [-0.15, -0.1) is 0 Å². The predicted octanol–water partition coefficient (Wildman–Crippen LogP) is 2.33. The zero-order valence-corrected chi connectivity index (χ0v) is 10.8. The molecule has 0 spiro atoms. The van der Waals surface area contributed by atoms with Crippen molar-refractivity contribution in [1.82, 2.24) is 5.06 Å². The fourth-order valence-electron chi connectivity index (χ4n) is 2.59. The summed E-state index contributed by atoms with van der Waals surface area (Å²) >= 11 is 0. The molecule has 0 aliphatic carbocycles. The Kier molecular flexibility index (Phi) is 3.63. The van der Waals surface area contributed by atoms with Crippen LogP contribution in [0.25, 0.3) is 0 Å². The maximum absolute atomic E-state index is 10.1. The molecule has 0 aromatic rings. The molecule has 0 saturated carbocycles. The highest BCUT2D eigenvalue weighted by Gasteiger charge is 2.45. The van der Waals surface area contributed by atoms with Gasteiger partial charge >= 0.3 is 0 Å². The fraction of sp³-hybridized carbons (Fsp3) is 0.917. The number of ether oxygens (including phenoxy) is 1. The SMILES string of the molecule is CC(C#N)OC1CC(C)(C)N(O)C(C)(C)C1. The van der Waals surface area contributed by atoms with Crippen molar-refractivity contribution < 1.29 is 9.94 Å². The van der Waals surface area contributed by atoms with Crippen LogP contribution in [0.1, 0.15) is 47.5 Å². The number of nitrogens with zero attached hydrogens (tertiary/aromatic N) is 2. The molecule has 0 aromatic heterocycles. The van der Waals surface area contributed by atoms with Crippen molar-refractivity contribution in [3.63, 3.8) is 0 Å². The molecule has 1 unspecified atom stereocenters. The van der Waals surface area contributed by atoms with E-state index in [1.54, 1.807) is 6.92 Å². The van der Waals surface area contributed by atoms with Gasteiger partial charge in [-0.25, -0.2) is 0 Å². The summed E-state index contributed by atoms with van der Waals surface area (Å²) < 4.78 is 5.66. The molecule has 16 heavy (non-hydrogen) atoms. The summed E-state index contributed by atoms with van der Waals surface area (Å²) in [7, 11) is 0. The Morgan fingerprint density at radius 3 is 2.12 bits per heavy atom. The van der Waals surface area contributed by atoms with E-state index in [4.69, 9.17) is 10.00 Å². The summed E-state index contributed by atoms with van der Waals surface area (Å²) in [4.78, 5) is 0. The molecule has 1 aliphatic rings. The summed E-state index contributed by atoms with van der Waals surface area (Å²) in [6.07, 6.45) is 1.11. The first-order valence-corrected chi connectivity index (χ1v) is 5.73. The number of rotatable bonds is 2. The van der Waals surface area contributed by atoms with Crippen LogP contribution in [0.5, 0.6) is 0 Å². The van der Waals surface area contributed by atoms with Crippen molar-refractivity contribution in [1.29, 1.82) is 5.26 Å². The number of hydroxylamine groups is 2.